The molecule has 0 bridgehead atoms. The highest BCUT2D eigenvalue weighted by molar-refractivity contribution is 7.47. The average molecular weight is 1560 g/mol. The molecule has 0 aliphatic heterocycles. The van der Waals surface area contributed by atoms with Crippen LogP contribution in [-0.4, -0.2) is 96.7 Å². The van der Waals surface area contributed by atoms with Crippen molar-refractivity contribution in [3.63, 3.8) is 0 Å². The third kappa shape index (κ3) is 81.9. The summed E-state index contributed by atoms with van der Waals surface area (Å²) in [6.07, 6.45) is 72.5. The van der Waals surface area contributed by atoms with E-state index in [0.29, 0.717) is 31.6 Å². The van der Waals surface area contributed by atoms with Crippen molar-refractivity contribution in [2.75, 3.05) is 39.6 Å². The lowest BCUT2D eigenvalue weighted by molar-refractivity contribution is -0.161. The Morgan fingerprint density at radius 3 is 0.636 bits per heavy atom. The van der Waals surface area contributed by atoms with Gasteiger partial charge in [0.15, 0.2) is 12.2 Å². The van der Waals surface area contributed by atoms with Crippen LogP contribution < -0.4 is 0 Å². The number of ether oxygens (including phenoxy) is 4. The monoisotopic (exact) mass is 1560 g/mol. The second-order valence-corrected chi connectivity index (χ2v) is 35.5. The molecule has 5 atom stereocenters. The highest BCUT2D eigenvalue weighted by Gasteiger charge is 2.30. The van der Waals surface area contributed by atoms with E-state index in [1.807, 2.05) is 0 Å². The number of aliphatic hydroxyl groups is 1. The lowest BCUT2D eigenvalue weighted by Crippen LogP contribution is -2.30. The number of phosphoric acid groups is 2. The lowest BCUT2D eigenvalue weighted by Gasteiger charge is -2.21. The van der Waals surface area contributed by atoms with Gasteiger partial charge in [-0.15, -0.1) is 0 Å². The largest absolute Gasteiger partial charge is 0.472 e. The van der Waals surface area contributed by atoms with E-state index >= 15 is 0 Å². The van der Waals surface area contributed by atoms with Crippen molar-refractivity contribution in [2.45, 2.75) is 490 Å². The van der Waals surface area contributed by atoms with Crippen LogP contribution in [0, 0.1) is 11.8 Å². The zero-order valence-electron chi connectivity index (χ0n) is 70.5. The summed E-state index contributed by atoms with van der Waals surface area (Å²) >= 11 is 0. The highest BCUT2D eigenvalue weighted by Crippen LogP contribution is 2.45. The molecule has 0 amide bonds. The lowest BCUT2D eigenvalue weighted by atomic mass is 10.0. The van der Waals surface area contributed by atoms with Crippen molar-refractivity contribution in [3.8, 4) is 0 Å². The molecule has 0 aromatic carbocycles. The summed E-state index contributed by atoms with van der Waals surface area (Å²) in [5, 5.41) is 10.7. The normalized spacial score (nSPS) is 13.8. The van der Waals surface area contributed by atoms with Crippen molar-refractivity contribution >= 4 is 39.5 Å². The van der Waals surface area contributed by atoms with Gasteiger partial charge in [-0.3, -0.25) is 37.3 Å². The number of carbonyl (C=O) groups excluding carboxylic acids is 4. The molecule has 0 fully saturated rings. The van der Waals surface area contributed by atoms with E-state index in [2.05, 4.69) is 41.5 Å². The maximum Gasteiger partial charge on any atom is 0.472 e. The molecule has 107 heavy (non-hydrogen) atoms. The Morgan fingerprint density at radius 1 is 0.252 bits per heavy atom. The fourth-order valence-electron chi connectivity index (χ4n) is 13.8. The predicted octanol–water partition coefficient (Wildman–Crippen LogP) is 27.0. The van der Waals surface area contributed by atoms with Crippen LogP contribution in [0.2, 0.25) is 0 Å². The van der Waals surface area contributed by atoms with E-state index in [9.17, 15) is 43.2 Å². The van der Waals surface area contributed by atoms with Crippen LogP contribution in [0.1, 0.15) is 472 Å². The number of hydrogen-bond acceptors (Lipinski definition) is 15. The summed E-state index contributed by atoms with van der Waals surface area (Å²) in [7, 11) is -9.93. The number of carbonyl (C=O) groups is 4. The molecule has 0 saturated heterocycles. The summed E-state index contributed by atoms with van der Waals surface area (Å²) in [6, 6.07) is 0. The van der Waals surface area contributed by atoms with Gasteiger partial charge in [-0.05, 0) is 37.5 Å². The smallest absolute Gasteiger partial charge is 0.462 e. The Hall–Kier alpha value is -1.94. The zero-order chi connectivity index (χ0) is 78.5. The van der Waals surface area contributed by atoms with Gasteiger partial charge in [0.2, 0.25) is 0 Å². The summed E-state index contributed by atoms with van der Waals surface area (Å²) in [5.41, 5.74) is 0. The first kappa shape index (κ1) is 105. The van der Waals surface area contributed by atoms with E-state index in [4.69, 9.17) is 37.0 Å². The van der Waals surface area contributed by atoms with Crippen LogP contribution in [0.5, 0.6) is 0 Å². The van der Waals surface area contributed by atoms with Crippen LogP contribution in [0.3, 0.4) is 0 Å². The zero-order valence-corrected chi connectivity index (χ0v) is 72.2. The number of rotatable bonds is 87. The van der Waals surface area contributed by atoms with Crippen molar-refractivity contribution in [3.05, 3.63) is 0 Å². The minimum atomic E-state index is -4.97. The Labute approximate surface area is 658 Å². The molecule has 0 aromatic rings. The van der Waals surface area contributed by atoms with E-state index < -0.39 is 97.5 Å². The number of phosphoric ester groups is 2. The minimum Gasteiger partial charge on any atom is -0.462 e. The molecular formula is C88H172O17P2. The van der Waals surface area contributed by atoms with Crippen LogP contribution in [0.25, 0.3) is 0 Å². The standard InChI is InChI=1S/C88H172O17P2/c1-7-9-11-13-15-17-19-21-23-25-26-27-32-35-39-43-47-51-58-64-70-85(90)98-76-83(104-87(92)72-66-61-53-49-45-41-37-33-29-28-31-34-38-42-46-50-56-62-68-80(3)4)78-102-106(94,95)100-74-82(89)75-101-107(96,97)103-79-84(77-99-86(91)71-65-59-55-54-57-63-69-81(5)6)105-88(93)73-67-60-52-48-44-40-36-30-24-22-20-18-16-14-12-10-8-2/h80-84,89H,7-79H2,1-6H3,(H,94,95)(H,96,97)/t82-,83-,84-/m1/s1. The summed E-state index contributed by atoms with van der Waals surface area (Å²) in [4.78, 5) is 73.2. The first-order valence-electron chi connectivity index (χ1n) is 45.5. The number of unbranched alkanes of at least 4 members (excludes halogenated alkanes) is 57. The summed E-state index contributed by atoms with van der Waals surface area (Å²) in [6.45, 7) is 9.64. The van der Waals surface area contributed by atoms with Crippen molar-refractivity contribution in [1.29, 1.82) is 0 Å². The Kier molecular flexibility index (Phi) is 77.9. The molecule has 17 nitrogen and oxygen atoms in total. The Balaban J connectivity index is 5.20. The first-order chi connectivity index (χ1) is 51.9. The maximum absolute atomic E-state index is 13.2. The molecule has 0 radical (unpaired) electrons. The van der Waals surface area contributed by atoms with E-state index in [0.717, 1.165) is 102 Å². The van der Waals surface area contributed by atoms with Crippen LogP contribution in [-0.2, 0) is 65.4 Å². The Morgan fingerprint density at radius 2 is 0.430 bits per heavy atom. The third-order valence-electron chi connectivity index (χ3n) is 20.7. The third-order valence-corrected chi connectivity index (χ3v) is 22.6. The number of esters is 4. The molecule has 2 unspecified atom stereocenters. The molecule has 0 aliphatic carbocycles. The number of hydrogen-bond donors (Lipinski definition) is 3. The van der Waals surface area contributed by atoms with Crippen LogP contribution in [0.4, 0.5) is 0 Å². The fraction of sp³-hybridized carbons (Fsp3) is 0.955. The van der Waals surface area contributed by atoms with Gasteiger partial charge in [-0.2, -0.15) is 0 Å². The molecule has 0 saturated carbocycles. The predicted molar refractivity (Wildman–Crippen MR) is 442 cm³/mol. The topological polar surface area (TPSA) is 237 Å². The summed E-state index contributed by atoms with van der Waals surface area (Å²) < 4.78 is 68.9. The average Bonchev–Trinajstić information content (AvgIpc) is 0.907. The molecule has 0 heterocycles. The summed E-state index contributed by atoms with van der Waals surface area (Å²) in [5.74, 6) is -0.603. The van der Waals surface area contributed by atoms with Gasteiger partial charge >= 0.3 is 39.5 Å². The molecular weight excluding hydrogens is 1390 g/mol. The SMILES string of the molecule is CCCCCCCCCCCCCCCCCCCCCCC(=O)OC[C@H](COP(=O)(O)OC[C@@H](O)COP(=O)(O)OC[C@@H](COC(=O)CCCCCCCCC(C)C)OC(=O)CCCCCCCCCCCCCCCCCCC)OC(=O)CCCCCCCCCCCCCCCCCCCCC(C)C. The van der Waals surface area contributed by atoms with Gasteiger partial charge in [0.05, 0.1) is 26.4 Å². The molecule has 636 valence electrons. The van der Waals surface area contributed by atoms with Gasteiger partial charge in [0.25, 0.3) is 0 Å². The first-order valence-corrected chi connectivity index (χ1v) is 48.5. The van der Waals surface area contributed by atoms with Crippen LogP contribution in [0.15, 0.2) is 0 Å². The maximum atomic E-state index is 13.2. The van der Waals surface area contributed by atoms with Gasteiger partial charge in [-0.25, -0.2) is 9.13 Å². The van der Waals surface area contributed by atoms with E-state index in [1.165, 1.54) is 283 Å². The van der Waals surface area contributed by atoms with E-state index in [-0.39, 0.29) is 25.7 Å². The molecule has 19 heteroatoms. The van der Waals surface area contributed by atoms with Gasteiger partial charge in [0.1, 0.15) is 19.3 Å². The second-order valence-electron chi connectivity index (χ2n) is 32.6. The highest BCUT2D eigenvalue weighted by atomic mass is 31.2. The van der Waals surface area contributed by atoms with Gasteiger partial charge in [0, 0.05) is 25.7 Å². The van der Waals surface area contributed by atoms with Crippen LogP contribution >= 0.6 is 15.6 Å². The molecule has 0 aromatic heterocycles. The number of aliphatic hydroxyl groups excluding tert-OH is 1. The molecule has 0 rings (SSSR count). The van der Waals surface area contributed by atoms with Crippen molar-refractivity contribution in [1.82, 2.24) is 0 Å². The molecule has 0 aliphatic rings. The molecule has 3 N–H and O–H groups in total. The second kappa shape index (κ2) is 79.3. The Bertz CT molecular complexity index is 2050. The van der Waals surface area contributed by atoms with E-state index in [1.54, 1.807) is 0 Å². The quantitative estimate of drug-likeness (QED) is 0.0222. The van der Waals surface area contributed by atoms with Crippen molar-refractivity contribution < 1.29 is 80.2 Å². The van der Waals surface area contributed by atoms with Gasteiger partial charge < -0.3 is 33.8 Å². The van der Waals surface area contributed by atoms with Gasteiger partial charge in [-0.1, -0.05) is 420 Å². The molecule has 0 spiro atoms. The fourth-order valence-corrected chi connectivity index (χ4v) is 15.4. The minimum absolute atomic E-state index is 0.108. The van der Waals surface area contributed by atoms with Crippen molar-refractivity contribution in [2.24, 2.45) is 11.8 Å².